The molecule has 2 aromatic carbocycles. The molecule has 2 heterocycles. The maximum Gasteiger partial charge on any atom is 0.272 e. The van der Waals surface area contributed by atoms with Crippen LogP contribution in [0, 0.1) is 6.92 Å². The molecule has 0 unspecified atom stereocenters. The lowest BCUT2D eigenvalue weighted by Gasteiger charge is -2.36. The Morgan fingerprint density at radius 3 is 2.33 bits per heavy atom. The Morgan fingerprint density at radius 1 is 1.00 bits per heavy atom. The second-order valence-electron chi connectivity index (χ2n) is 6.79. The first kappa shape index (κ1) is 17.6. The molecule has 0 bridgehead atoms. The molecule has 1 saturated heterocycles. The molecule has 138 valence electrons. The number of carbonyl (C=O) groups is 1. The first-order chi connectivity index (χ1) is 13.1. The van der Waals surface area contributed by atoms with Crippen molar-refractivity contribution >= 4 is 23.2 Å². The molecule has 27 heavy (non-hydrogen) atoms. The highest BCUT2D eigenvalue weighted by Crippen LogP contribution is 2.22. The number of halogens is 1. The number of benzene rings is 2. The van der Waals surface area contributed by atoms with Crippen molar-refractivity contribution in [1.29, 1.82) is 0 Å². The second kappa shape index (κ2) is 7.45. The van der Waals surface area contributed by atoms with Crippen molar-refractivity contribution in [2.45, 2.75) is 6.92 Å². The third-order valence-corrected chi connectivity index (χ3v) is 5.17. The van der Waals surface area contributed by atoms with Crippen LogP contribution in [0.25, 0.3) is 11.3 Å². The lowest BCUT2D eigenvalue weighted by atomic mass is 10.1. The van der Waals surface area contributed by atoms with Gasteiger partial charge in [0.2, 0.25) is 0 Å². The molecule has 0 atom stereocenters. The number of rotatable bonds is 3. The van der Waals surface area contributed by atoms with E-state index in [2.05, 4.69) is 46.3 Å². The number of aromatic nitrogens is 2. The minimum Gasteiger partial charge on any atom is -0.368 e. The number of anilines is 1. The van der Waals surface area contributed by atoms with E-state index in [0.29, 0.717) is 23.8 Å². The number of H-pyrrole nitrogens is 1. The lowest BCUT2D eigenvalue weighted by Crippen LogP contribution is -2.48. The summed E-state index contributed by atoms with van der Waals surface area (Å²) in [7, 11) is 0. The second-order valence-corrected chi connectivity index (χ2v) is 7.22. The molecule has 0 spiro atoms. The summed E-state index contributed by atoms with van der Waals surface area (Å²) >= 11 is 5.93. The van der Waals surface area contributed by atoms with Gasteiger partial charge in [0.15, 0.2) is 0 Å². The normalized spacial score (nSPS) is 14.4. The highest BCUT2D eigenvalue weighted by atomic mass is 35.5. The van der Waals surface area contributed by atoms with Gasteiger partial charge < -0.3 is 9.80 Å². The number of nitrogens with one attached hydrogen (secondary N) is 1. The highest BCUT2D eigenvalue weighted by Gasteiger charge is 2.23. The summed E-state index contributed by atoms with van der Waals surface area (Å²) in [5.41, 5.74) is 4.65. The molecule has 6 heteroatoms. The van der Waals surface area contributed by atoms with Crippen molar-refractivity contribution in [1.82, 2.24) is 15.1 Å². The van der Waals surface area contributed by atoms with Gasteiger partial charge in [-0.1, -0.05) is 41.4 Å². The maximum absolute atomic E-state index is 12.8. The largest absolute Gasteiger partial charge is 0.368 e. The number of nitrogens with zero attached hydrogens (tertiary/aromatic N) is 3. The zero-order valence-corrected chi connectivity index (χ0v) is 15.9. The fraction of sp³-hybridized carbons (Fsp3) is 0.238. The highest BCUT2D eigenvalue weighted by molar-refractivity contribution is 6.30. The third-order valence-electron chi connectivity index (χ3n) is 4.91. The quantitative estimate of drug-likeness (QED) is 0.747. The molecular formula is C21H21ClN4O. The molecule has 1 amide bonds. The van der Waals surface area contributed by atoms with Gasteiger partial charge in [0.1, 0.15) is 5.69 Å². The SMILES string of the molecule is Cc1ccc(N2CCN(C(=O)c3cc(-c4ccc(Cl)cc4)n[nH]3)CC2)cc1. The van der Waals surface area contributed by atoms with Crippen LogP contribution in [-0.2, 0) is 0 Å². The Morgan fingerprint density at radius 2 is 1.67 bits per heavy atom. The molecule has 1 aliphatic rings. The van der Waals surface area contributed by atoms with Crippen LogP contribution in [0.4, 0.5) is 5.69 Å². The van der Waals surface area contributed by atoms with Gasteiger partial charge in [-0.15, -0.1) is 0 Å². The van der Waals surface area contributed by atoms with E-state index in [1.54, 1.807) is 6.07 Å². The van der Waals surface area contributed by atoms with Gasteiger partial charge in [0, 0.05) is 42.5 Å². The smallest absolute Gasteiger partial charge is 0.272 e. The zero-order chi connectivity index (χ0) is 18.8. The van der Waals surface area contributed by atoms with E-state index < -0.39 is 0 Å². The van der Waals surface area contributed by atoms with Gasteiger partial charge in [-0.3, -0.25) is 9.89 Å². The van der Waals surface area contributed by atoms with Crippen LogP contribution in [0.1, 0.15) is 16.1 Å². The summed E-state index contributed by atoms with van der Waals surface area (Å²) in [5.74, 6) is -0.00808. The number of amides is 1. The molecule has 5 nitrogen and oxygen atoms in total. The molecule has 4 rings (SSSR count). The monoisotopic (exact) mass is 380 g/mol. The van der Waals surface area contributed by atoms with Gasteiger partial charge in [-0.25, -0.2) is 0 Å². The van der Waals surface area contributed by atoms with Crippen molar-refractivity contribution in [3.8, 4) is 11.3 Å². The zero-order valence-electron chi connectivity index (χ0n) is 15.2. The van der Waals surface area contributed by atoms with Crippen LogP contribution < -0.4 is 4.90 Å². The predicted molar refractivity (Wildman–Crippen MR) is 108 cm³/mol. The Hall–Kier alpha value is -2.79. The van der Waals surface area contributed by atoms with Crippen LogP contribution in [0.2, 0.25) is 5.02 Å². The number of hydrogen-bond donors (Lipinski definition) is 1. The summed E-state index contributed by atoms with van der Waals surface area (Å²) in [6.07, 6.45) is 0. The predicted octanol–water partition coefficient (Wildman–Crippen LogP) is 4.00. The van der Waals surface area contributed by atoms with E-state index in [-0.39, 0.29) is 5.91 Å². The van der Waals surface area contributed by atoms with Crippen LogP contribution in [0.15, 0.2) is 54.6 Å². The lowest BCUT2D eigenvalue weighted by molar-refractivity contribution is 0.0741. The number of carbonyl (C=O) groups excluding carboxylic acids is 1. The number of aryl methyl sites for hydroxylation is 1. The first-order valence-electron chi connectivity index (χ1n) is 9.02. The topological polar surface area (TPSA) is 52.2 Å². The molecule has 1 aliphatic heterocycles. The molecule has 0 aliphatic carbocycles. The van der Waals surface area contributed by atoms with Crippen LogP contribution in [-0.4, -0.2) is 47.2 Å². The van der Waals surface area contributed by atoms with E-state index >= 15 is 0 Å². The summed E-state index contributed by atoms with van der Waals surface area (Å²) in [6, 6.07) is 17.7. The van der Waals surface area contributed by atoms with E-state index in [4.69, 9.17) is 11.6 Å². The molecule has 3 aromatic rings. The maximum atomic E-state index is 12.8. The minimum absolute atomic E-state index is 0.00808. The van der Waals surface area contributed by atoms with Crippen LogP contribution in [0.5, 0.6) is 0 Å². The van der Waals surface area contributed by atoms with Gasteiger partial charge >= 0.3 is 0 Å². The van der Waals surface area contributed by atoms with Gasteiger partial charge in [-0.2, -0.15) is 5.10 Å². The van der Waals surface area contributed by atoms with E-state index in [9.17, 15) is 4.79 Å². The average Bonchev–Trinajstić information content (AvgIpc) is 3.19. The van der Waals surface area contributed by atoms with Crippen LogP contribution >= 0.6 is 11.6 Å². The van der Waals surface area contributed by atoms with Gasteiger partial charge in [-0.05, 0) is 37.3 Å². The van der Waals surface area contributed by atoms with E-state index in [1.807, 2.05) is 29.2 Å². The van der Waals surface area contributed by atoms with Crippen molar-refractivity contribution in [2.75, 3.05) is 31.1 Å². The van der Waals surface area contributed by atoms with Crippen molar-refractivity contribution in [3.05, 3.63) is 70.9 Å². The standard InChI is InChI=1S/C21H21ClN4O/c1-15-2-8-18(9-3-15)25-10-12-26(13-11-25)21(27)20-14-19(23-24-20)16-4-6-17(22)7-5-16/h2-9,14H,10-13H2,1H3,(H,23,24). The molecule has 1 aromatic heterocycles. The third kappa shape index (κ3) is 3.83. The first-order valence-corrected chi connectivity index (χ1v) is 9.40. The van der Waals surface area contributed by atoms with E-state index in [1.165, 1.54) is 11.3 Å². The molecule has 0 saturated carbocycles. The van der Waals surface area contributed by atoms with Crippen molar-refractivity contribution in [2.24, 2.45) is 0 Å². The number of aromatic amines is 1. The molecule has 1 fully saturated rings. The van der Waals surface area contributed by atoms with E-state index in [0.717, 1.165) is 24.3 Å². The summed E-state index contributed by atoms with van der Waals surface area (Å²) < 4.78 is 0. The van der Waals surface area contributed by atoms with Gasteiger partial charge in [0.25, 0.3) is 5.91 Å². The van der Waals surface area contributed by atoms with Crippen molar-refractivity contribution in [3.63, 3.8) is 0 Å². The summed E-state index contributed by atoms with van der Waals surface area (Å²) in [6.45, 7) is 5.13. The number of piperazine rings is 1. The Labute approximate surface area is 163 Å². The van der Waals surface area contributed by atoms with Crippen LogP contribution in [0.3, 0.4) is 0 Å². The number of hydrogen-bond acceptors (Lipinski definition) is 3. The Balaban J connectivity index is 1.41. The van der Waals surface area contributed by atoms with Gasteiger partial charge in [0.05, 0.1) is 5.69 Å². The Kier molecular flexibility index (Phi) is 4.86. The molecular weight excluding hydrogens is 360 g/mol. The average molecular weight is 381 g/mol. The summed E-state index contributed by atoms with van der Waals surface area (Å²) in [5, 5.41) is 7.83. The summed E-state index contributed by atoms with van der Waals surface area (Å²) in [4.78, 5) is 17.0. The Bertz CT molecular complexity index is 926. The minimum atomic E-state index is -0.00808. The molecule has 1 N–H and O–H groups in total. The fourth-order valence-corrected chi connectivity index (χ4v) is 3.42. The van der Waals surface area contributed by atoms with Crippen molar-refractivity contribution < 1.29 is 4.79 Å². The molecule has 0 radical (unpaired) electrons. The fourth-order valence-electron chi connectivity index (χ4n) is 3.29.